The Bertz CT molecular complexity index is 346. The van der Waals surface area contributed by atoms with Gasteiger partial charge in [-0.25, -0.2) is 4.39 Å². The van der Waals surface area contributed by atoms with Crippen molar-refractivity contribution in [2.24, 2.45) is 5.73 Å². The van der Waals surface area contributed by atoms with Crippen LogP contribution in [0.15, 0.2) is 18.2 Å². The Morgan fingerprint density at radius 2 is 1.93 bits per heavy atom. The van der Waals surface area contributed by atoms with Crippen molar-refractivity contribution in [3.05, 3.63) is 35.1 Å². The molecule has 0 aromatic heterocycles. The molecule has 0 aliphatic heterocycles. The van der Waals surface area contributed by atoms with Gasteiger partial charge in [-0.1, -0.05) is 13.0 Å². The van der Waals surface area contributed by atoms with Gasteiger partial charge < -0.3 is 5.73 Å². The molecule has 1 nitrogen and oxygen atoms in total. The first-order valence-corrected chi connectivity index (χ1v) is 4.49. The summed E-state index contributed by atoms with van der Waals surface area (Å²) < 4.78 is 50.7. The summed E-state index contributed by atoms with van der Waals surface area (Å²) in [5, 5.41) is 0. The number of alkyl halides is 3. The van der Waals surface area contributed by atoms with Crippen LogP contribution in [0, 0.1) is 5.82 Å². The van der Waals surface area contributed by atoms with E-state index in [4.69, 9.17) is 5.73 Å². The Balaban J connectivity index is 3.33. The van der Waals surface area contributed by atoms with Crippen LogP contribution in [0.5, 0.6) is 0 Å². The van der Waals surface area contributed by atoms with Crippen LogP contribution >= 0.6 is 0 Å². The number of hydrogen-bond donors (Lipinski definition) is 1. The largest absolute Gasteiger partial charge is 0.416 e. The number of hydrogen-bond acceptors (Lipinski definition) is 1. The predicted molar refractivity (Wildman–Crippen MR) is 48.6 cm³/mol. The van der Waals surface area contributed by atoms with E-state index in [1.807, 2.05) is 0 Å². The first kappa shape index (κ1) is 12.0. The fourth-order valence-corrected chi connectivity index (χ4v) is 1.37. The lowest BCUT2D eigenvalue weighted by atomic mass is 9.98. The first-order chi connectivity index (χ1) is 6.88. The molecule has 0 unspecified atom stereocenters. The van der Waals surface area contributed by atoms with Crippen molar-refractivity contribution in [2.45, 2.75) is 25.6 Å². The van der Waals surface area contributed by atoms with E-state index >= 15 is 0 Å². The minimum atomic E-state index is -4.57. The number of halogens is 4. The molecule has 0 bridgehead atoms. The smallest absolute Gasteiger partial charge is 0.324 e. The average molecular weight is 221 g/mol. The third-order valence-corrected chi connectivity index (χ3v) is 2.17. The van der Waals surface area contributed by atoms with Crippen LogP contribution in [0.4, 0.5) is 17.6 Å². The number of benzene rings is 1. The number of nitrogens with two attached hydrogens (primary N) is 1. The van der Waals surface area contributed by atoms with Gasteiger partial charge in [-0.2, -0.15) is 13.2 Å². The van der Waals surface area contributed by atoms with Crippen molar-refractivity contribution >= 4 is 0 Å². The lowest BCUT2D eigenvalue weighted by molar-refractivity contribution is -0.138. The molecule has 84 valence electrons. The molecule has 0 aliphatic carbocycles. The van der Waals surface area contributed by atoms with Gasteiger partial charge in [-0.15, -0.1) is 0 Å². The number of rotatable bonds is 2. The molecule has 5 heteroatoms. The van der Waals surface area contributed by atoms with Crippen LogP contribution in [0.3, 0.4) is 0 Å². The van der Waals surface area contributed by atoms with Crippen molar-refractivity contribution in [3.8, 4) is 0 Å². The molecule has 0 spiro atoms. The Morgan fingerprint density at radius 1 is 1.33 bits per heavy atom. The molecule has 15 heavy (non-hydrogen) atoms. The molecule has 1 atom stereocenters. The highest BCUT2D eigenvalue weighted by Gasteiger charge is 2.35. The monoisotopic (exact) mass is 221 g/mol. The normalized spacial score (nSPS) is 14.0. The molecular weight excluding hydrogens is 210 g/mol. The highest BCUT2D eigenvalue weighted by molar-refractivity contribution is 5.33. The van der Waals surface area contributed by atoms with Crippen LogP contribution in [0.1, 0.15) is 30.5 Å². The third kappa shape index (κ3) is 2.47. The fraction of sp³-hybridized carbons (Fsp3) is 0.400. The van der Waals surface area contributed by atoms with Crippen molar-refractivity contribution < 1.29 is 17.6 Å². The van der Waals surface area contributed by atoms with Gasteiger partial charge in [0.2, 0.25) is 0 Å². The highest BCUT2D eigenvalue weighted by atomic mass is 19.4. The quantitative estimate of drug-likeness (QED) is 0.762. The molecule has 0 aliphatic rings. The summed E-state index contributed by atoms with van der Waals surface area (Å²) >= 11 is 0. The van der Waals surface area contributed by atoms with E-state index in [9.17, 15) is 17.6 Å². The lowest BCUT2D eigenvalue weighted by Gasteiger charge is -2.17. The van der Waals surface area contributed by atoms with Crippen LogP contribution in [-0.2, 0) is 6.18 Å². The molecule has 0 saturated heterocycles. The maximum Gasteiger partial charge on any atom is 0.416 e. The average Bonchev–Trinajstić information content (AvgIpc) is 2.15. The van der Waals surface area contributed by atoms with Crippen molar-refractivity contribution in [2.75, 3.05) is 0 Å². The molecule has 0 saturated carbocycles. The van der Waals surface area contributed by atoms with E-state index in [0.717, 1.165) is 18.2 Å². The van der Waals surface area contributed by atoms with E-state index in [0.29, 0.717) is 0 Å². The summed E-state index contributed by atoms with van der Waals surface area (Å²) in [5.41, 5.74) is 4.01. The molecule has 0 fully saturated rings. The first-order valence-electron chi connectivity index (χ1n) is 4.49. The zero-order valence-corrected chi connectivity index (χ0v) is 8.11. The molecule has 1 rings (SSSR count). The van der Waals surface area contributed by atoms with E-state index in [2.05, 4.69) is 0 Å². The topological polar surface area (TPSA) is 26.0 Å². The highest BCUT2D eigenvalue weighted by Crippen LogP contribution is 2.35. The zero-order chi connectivity index (χ0) is 11.6. The lowest BCUT2D eigenvalue weighted by Crippen LogP contribution is -2.18. The Kier molecular flexibility index (Phi) is 3.34. The van der Waals surface area contributed by atoms with Crippen molar-refractivity contribution in [1.82, 2.24) is 0 Å². The van der Waals surface area contributed by atoms with Crippen molar-refractivity contribution in [1.29, 1.82) is 0 Å². The minimum Gasteiger partial charge on any atom is -0.324 e. The fourth-order valence-electron chi connectivity index (χ4n) is 1.37. The molecule has 2 N–H and O–H groups in total. The Labute approximate surface area is 84.9 Å². The molecule has 1 aromatic rings. The summed E-state index contributed by atoms with van der Waals surface area (Å²) in [6.07, 6.45) is -4.31. The van der Waals surface area contributed by atoms with Crippen molar-refractivity contribution in [3.63, 3.8) is 0 Å². The van der Waals surface area contributed by atoms with Gasteiger partial charge in [-0.3, -0.25) is 0 Å². The van der Waals surface area contributed by atoms with Gasteiger partial charge in [0.15, 0.2) is 0 Å². The van der Waals surface area contributed by atoms with E-state index in [1.54, 1.807) is 6.92 Å². The Morgan fingerprint density at radius 3 is 2.40 bits per heavy atom. The van der Waals surface area contributed by atoms with Gasteiger partial charge in [-0.05, 0) is 18.6 Å². The van der Waals surface area contributed by atoms with Gasteiger partial charge in [0.1, 0.15) is 5.82 Å². The van der Waals surface area contributed by atoms with E-state index < -0.39 is 29.2 Å². The summed E-state index contributed by atoms with van der Waals surface area (Å²) in [5.74, 6) is -0.904. The van der Waals surface area contributed by atoms with E-state index in [1.165, 1.54) is 0 Å². The molecular formula is C10H11F4N. The van der Waals surface area contributed by atoms with Crippen LogP contribution in [0.25, 0.3) is 0 Å². The van der Waals surface area contributed by atoms with Gasteiger partial charge >= 0.3 is 6.18 Å². The zero-order valence-electron chi connectivity index (χ0n) is 8.11. The van der Waals surface area contributed by atoms with Crippen LogP contribution < -0.4 is 5.73 Å². The maximum absolute atomic E-state index is 13.2. The molecule has 1 aromatic carbocycles. The van der Waals surface area contributed by atoms with Gasteiger partial charge in [0.05, 0.1) is 5.56 Å². The minimum absolute atomic E-state index is 0.254. The summed E-state index contributed by atoms with van der Waals surface area (Å²) in [4.78, 5) is 0. The Hall–Kier alpha value is -1.10. The third-order valence-electron chi connectivity index (χ3n) is 2.17. The summed E-state index contributed by atoms with van der Waals surface area (Å²) in [7, 11) is 0. The standard InChI is InChI=1S/C10H11F4N/c1-2-8(15)9-6(10(12,13)14)4-3-5-7(9)11/h3-5,8H,2,15H2,1H3/t8-/m1/s1. The van der Waals surface area contributed by atoms with Gasteiger partial charge in [0.25, 0.3) is 0 Å². The molecule has 0 radical (unpaired) electrons. The van der Waals surface area contributed by atoms with E-state index in [-0.39, 0.29) is 6.42 Å². The molecule has 0 amide bonds. The van der Waals surface area contributed by atoms with Crippen LogP contribution in [-0.4, -0.2) is 0 Å². The summed E-state index contributed by atoms with van der Waals surface area (Å²) in [6.45, 7) is 1.61. The van der Waals surface area contributed by atoms with Gasteiger partial charge in [0, 0.05) is 11.6 Å². The second-order valence-corrected chi connectivity index (χ2v) is 3.21. The second-order valence-electron chi connectivity index (χ2n) is 3.21. The maximum atomic E-state index is 13.2. The second kappa shape index (κ2) is 4.18. The molecule has 0 heterocycles. The predicted octanol–water partition coefficient (Wildman–Crippen LogP) is 3.25. The summed E-state index contributed by atoms with van der Waals surface area (Å²) in [6, 6.07) is 1.93. The SMILES string of the molecule is CC[C@@H](N)c1c(F)cccc1C(F)(F)F. The van der Waals surface area contributed by atoms with Crippen LogP contribution in [0.2, 0.25) is 0 Å².